The Bertz CT molecular complexity index is 450. The Morgan fingerprint density at radius 2 is 2.27 bits per heavy atom. The van der Waals surface area contributed by atoms with Gasteiger partial charge in [-0.2, -0.15) is 4.99 Å². The van der Waals surface area contributed by atoms with Crippen LogP contribution >= 0.6 is 11.6 Å². The zero-order valence-corrected chi connectivity index (χ0v) is 8.71. The second-order valence-corrected chi connectivity index (χ2v) is 3.26. The molecule has 0 spiro atoms. The number of hydrogen-bond donors (Lipinski definition) is 1. The van der Waals surface area contributed by atoms with E-state index in [1.807, 2.05) is 0 Å². The fourth-order valence-corrected chi connectivity index (χ4v) is 1.48. The number of nitrogens with zero attached hydrogens (tertiary/aromatic N) is 1. The first kappa shape index (κ1) is 11.6. The number of hydrogen-bond acceptors (Lipinski definition) is 4. The number of isocyanates is 1. The molecule has 78 valence electrons. The Labute approximate surface area is 91.2 Å². The maximum Gasteiger partial charge on any atom is 0.240 e. The van der Waals surface area contributed by atoms with E-state index in [1.165, 1.54) is 18.2 Å². The van der Waals surface area contributed by atoms with Gasteiger partial charge in [0.05, 0.1) is 10.7 Å². The lowest BCUT2D eigenvalue weighted by atomic mass is 10.0. The van der Waals surface area contributed by atoms with Gasteiger partial charge in [-0.3, -0.25) is 4.79 Å². The maximum atomic E-state index is 11.3. The molecule has 4 nitrogen and oxygen atoms in total. The Morgan fingerprint density at radius 1 is 1.60 bits per heavy atom. The minimum Gasteiger partial charge on any atom is -0.388 e. The number of benzene rings is 1. The summed E-state index contributed by atoms with van der Waals surface area (Å²) in [6.45, 7) is 1.01. The van der Waals surface area contributed by atoms with Gasteiger partial charge in [0.1, 0.15) is 6.61 Å². The standard InChI is InChI=1S/C10H8ClNO3/c1-6-7(9(15)4-13)2-3-8(11)10(6)12-5-14/h2-3,13H,4H2,1H3. The minimum atomic E-state index is -0.591. The Kier molecular flexibility index (Phi) is 3.74. The van der Waals surface area contributed by atoms with E-state index in [9.17, 15) is 9.59 Å². The number of aliphatic imine (C=N–C) groups is 1. The van der Waals surface area contributed by atoms with Crippen molar-refractivity contribution in [2.45, 2.75) is 6.92 Å². The third-order valence-corrected chi connectivity index (χ3v) is 2.29. The predicted octanol–water partition coefficient (Wildman–Crippen LogP) is 1.79. The average Bonchev–Trinajstić information content (AvgIpc) is 2.23. The van der Waals surface area contributed by atoms with Crippen LogP contribution in [0.4, 0.5) is 5.69 Å². The molecule has 0 saturated heterocycles. The van der Waals surface area contributed by atoms with E-state index in [2.05, 4.69) is 4.99 Å². The van der Waals surface area contributed by atoms with Gasteiger partial charge in [0.2, 0.25) is 6.08 Å². The molecule has 1 aromatic rings. The van der Waals surface area contributed by atoms with Crippen molar-refractivity contribution in [1.29, 1.82) is 0 Å². The molecule has 0 amide bonds. The summed E-state index contributed by atoms with van der Waals surface area (Å²) in [4.78, 5) is 24.8. The van der Waals surface area contributed by atoms with Gasteiger partial charge in [0.15, 0.2) is 5.78 Å². The highest BCUT2D eigenvalue weighted by Crippen LogP contribution is 2.30. The molecule has 0 fully saturated rings. The summed E-state index contributed by atoms with van der Waals surface area (Å²) < 4.78 is 0. The molecule has 0 aliphatic rings. The van der Waals surface area contributed by atoms with E-state index >= 15 is 0 Å². The van der Waals surface area contributed by atoms with Gasteiger partial charge in [-0.05, 0) is 24.6 Å². The van der Waals surface area contributed by atoms with E-state index in [-0.39, 0.29) is 10.7 Å². The first-order valence-corrected chi connectivity index (χ1v) is 4.50. The van der Waals surface area contributed by atoms with Crippen molar-refractivity contribution >= 4 is 29.2 Å². The quantitative estimate of drug-likeness (QED) is 0.485. The number of halogens is 1. The molecule has 0 bridgehead atoms. The number of Topliss-reactive ketones (excluding diaryl/α,β-unsaturated/α-hetero) is 1. The van der Waals surface area contributed by atoms with E-state index in [0.717, 1.165) is 0 Å². The summed E-state index contributed by atoms with van der Waals surface area (Å²) in [5.74, 6) is -0.438. The van der Waals surface area contributed by atoms with Crippen molar-refractivity contribution < 1.29 is 14.7 Å². The number of rotatable bonds is 3. The topological polar surface area (TPSA) is 66.7 Å². The molecule has 0 saturated carbocycles. The van der Waals surface area contributed by atoms with Crippen LogP contribution in [0.3, 0.4) is 0 Å². The van der Waals surface area contributed by atoms with Crippen molar-refractivity contribution in [1.82, 2.24) is 0 Å². The number of aliphatic hydroxyl groups is 1. The zero-order chi connectivity index (χ0) is 11.4. The van der Waals surface area contributed by atoms with Crippen LogP contribution in [0.2, 0.25) is 5.02 Å². The maximum absolute atomic E-state index is 11.3. The van der Waals surface area contributed by atoms with E-state index in [4.69, 9.17) is 16.7 Å². The third-order valence-electron chi connectivity index (χ3n) is 1.98. The van der Waals surface area contributed by atoms with Crippen LogP contribution in [0.25, 0.3) is 0 Å². The van der Waals surface area contributed by atoms with Gasteiger partial charge < -0.3 is 5.11 Å². The average molecular weight is 226 g/mol. The Morgan fingerprint density at radius 3 is 2.80 bits per heavy atom. The number of ketones is 1. The summed E-state index contributed by atoms with van der Waals surface area (Å²) in [5, 5.41) is 8.98. The van der Waals surface area contributed by atoms with Crippen molar-refractivity contribution in [3.63, 3.8) is 0 Å². The third kappa shape index (κ3) is 2.30. The van der Waals surface area contributed by atoms with E-state index < -0.39 is 12.4 Å². The second kappa shape index (κ2) is 4.84. The molecule has 1 aromatic carbocycles. The summed E-state index contributed by atoms with van der Waals surface area (Å²) >= 11 is 5.78. The highest BCUT2D eigenvalue weighted by atomic mass is 35.5. The predicted molar refractivity (Wildman–Crippen MR) is 55.4 cm³/mol. The molecular formula is C10H8ClNO3. The minimum absolute atomic E-state index is 0.214. The molecule has 0 aliphatic heterocycles. The van der Waals surface area contributed by atoms with Gasteiger partial charge in [0.25, 0.3) is 0 Å². The summed E-state index contributed by atoms with van der Waals surface area (Å²) in [7, 11) is 0. The van der Waals surface area contributed by atoms with E-state index in [1.54, 1.807) is 6.92 Å². The number of aliphatic hydroxyl groups excluding tert-OH is 1. The van der Waals surface area contributed by atoms with Crippen LogP contribution < -0.4 is 0 Å². The zero-order valence-electron chi connectivity index (χ0n) is 7.95. The summed E-state index contributed by atoms with van der Waals surface area (Å²) in [5.41, 5.74) is 0.978. The monoisotopic (exact) mass is 225 g/mol. The smallest absolute Gasteiger partial charge is 0.240 e. The number of carbonyl (C=O) groups is 1. The van der Waals surface area contributed by atoms with E-state index in [0.29, 0.717) is 11.1 Å². The van der Waals surface area contributed by atoms with Crippen LogP contribution in [0.15, 0.2) is 17.1 Å². The molecule has 0 aliphatic carbocycles. The first-order valence-electron chi connectivity index (χ1n) is 4.12. The highest BCUT2D eigenvalue weighted by Gasteiger charge is 2.13. The fraction of sp³-hybridized carbons (Fsp3) is 0.200. The van der Waals surface area contributed by atoms with Crippen molar-refractivity contribution in [2.75, 3.05) is 6.61 Å². The molecule has 1 rings (SSSR count). The van der Waals surface area contributed by atoms with Crippen molar-refractivity contribution in [3.8, 4) is 0 Å². The Balaban J connectivity index is 3.40. The SMILES string of the molecule is Cc1c(C(=O)CO)ccc(Cl)c1N=C=O. The lowest BCUT2D eigenvalue weighted by Crippen LogP contribution is -2.06. The lowest BCUT2D eigenvalue weighted by molar-refractivity contribution is 0.0903. The molecule has 5 heteroatoms. The van der Waals surface area contributed by atoms with Gasteiger partial charge in [-0.1, -0.05) is 11.6 Å². The molecular weight excluding hydrogens is 218 g/mol. The van der Waals surface area contributed by atoms with Crippen molar-refractivity contribution in [2.24, 2.45) is 4.99 Å². The van der Waals surface area contributed by atoms with Crippen LogP contribution in [-0.2, 0) is 4.79 Å². The lowest BCUT2D eigenvalue weighted by Gasteiger charge is -2.06. The van der Waals surface area contributed by atoms with Crippen LogP contribution in [0, 0.1) is 6.92 Å². The van der Waals surface area contributed by atoms with Gasteiger partial charge in [0, 0.05) is 5.56 Å². The molecule has 15 heavy (non-hydrogen) atoms. The van der Waals surface area contributed by atoms with Gasteiger partial charge >= 0.3 is 0 Å². The van der Waals surface area contributed by atoms with Crippen molar-refractivity contribution in [3.05, 3.63) is 28.3 Å². The van der Waals surface area contributed by atoms with Crippen LogP contribution in [-0.4, -0.2) is 23.6 Å². The molecule has 0 atom stereocenters. The molecule has 0 radical (unpaired) electrons. The van der Waals surface area contributed by atoms with Gasteiger partial charge in [-0.15, -0.1) is 0 Å². The Hall–Kier alpha value is -1.48. The highest BCUT2D eigenvalue weighted by molar-refractivity contribution is 6.33. The van der Waals surface area contributed by atoms with Crippen LogP contribution in [0.5, 0.6) is 0 Å². The largest absolute Gasteiger partial charge is 0.388 e. The molecule has 1 N–H and O–H groups in total. The summed E-state index contributed by atoms with van der Waals surface area (Å²) in [6.07, 6.45) is 1.37. The molecule has 0 aromatic heterocycles. The van der Waals surface area contributed by atoms with Crippen LogP contribution in [0.1, 0.15) is 15.9 Å². The molecule has 0 unspecified atom stereocenters. The fourth-order valence-electron chi connectivity index (χ4n) is 1.24. The normalized spacial score (nSPS) is 9.53. The summed E-state index contributed by atoms with van der Waals surface area (Å²) in [6, 6.07) is 2.94. The van der Waals surface area contributed by atoms with Gasteiger partial charge in [-0.25, -0.2) is 4.79 Å². The second-order valence-electron chi connectivity index (χ2n) is 2.85. The first-order chi connectivity index (χ1) is 7.11. The number of carbonyl (C=O) groups excluding carboxylic acids is 2. The molecule has 0 heterocycles.